The first-order valence-corrected chi connectivity index (χ1v) is 6.65. The Labute approximate surface area is 116 Å². The zero-order chi connectivity index (χ0) is 13.7. The molecule has 0 spiro atoms. The number of aryl methyl sites for hydroxylation is 2. The first-order valence-electron chi connectivity index (χ1n) is 6.65. The topological polar surface area (TPSA) is 0 Å². The molecular formula is C19H20. The van der Waals surface area contributed by atoms with Crippen LogP contribution in [0, 0.1) is 13.8 Å². The maximum absolute atomic E-state index is 3.94. The minimum absolute atomic E-state index is 0.947. The monoisotopic (exact) mass is 248 g/mol. The SMILES string of the molecule is C=C/C(=C/Cc1ccccc1C)c1ccccc1C. The Morgan fingerprint density at radius 3 is 2.21 bits per heavy atom. The quantitative estimate of drug-likeness (QED) is 0.659. The normalized spacial score (nSPS) is 11.4. The molecule has 0 nitrogen and oxygen atoms in total. The van der Waals surface area contributed by atoms with Crippen LogP contribution in [0.2, 0.25) is 0 Å². The highest BCUT2D eigenvalue weighted by atomic mass is 14.1. The summed E-state index contributed by atoms with van der Waals surface area (Å²) < 4.78 is 0. The van der Waals surface area contributed by atoms with Crippen molar-refractivity contribution in [1.82, 2.24) is 0 Å². The molecule has 0 heterocycles. The lowest BCUT2D eigenvalue weighted by Gasteiger charge is -2.08. The molecular weight excluding hydrogens is 228 g/mol. The lowest BCUT2D eigenvalue weighted by Crippen LogP contribution is -1.90. The van der Waals surface area contributed by atoms with Crippen LogP contribution in [0.1, 0.15) is 22.3 Å². The summed E-state index contributed by atoms with van der Waals surface area (Å²) in [5.41, 5.74) is 6.48. The van der Waals surface area contributed by atoms with Gasteiger partial charge >= 0.3 is 0 Å². The van der Waals surface area contributed by atoms with Gasteiger partial charge in [-0.2, -0.15) is 0 Å². The van der Waals surface area contributed by atoms with Crippen LogP contribution in [-0.4, -0.2) is 0 Å². The van der Waals surface area contributed by atoms with Crippen LogP contribution in [0.3, 0.4) is 0 Å². The highest BCUT2D eigenvalue weighted by molar-refractivity contribution is 5.75. The molecule has 2 rings (SSSR count). The van der Waals surface area contributed by atoms with E-state index in [2.05, 4.69) is 75.0 Å². The largest absolute Gasteiger partial charge is 0.0985 e. The lowest BCUT2D eigenvalue weighted by atomic mass is 9.97. The summed E-state index contributed by atoms with van der Waals surface area (Å²) in [6.45, 7) is 8.24. The van der Waals surface area contributed by atoms with Crippen LogP contribution >= 0.6 is 0 Å². The van der Waals surface area contributed by atoms with Crippen LogP contribution in [-0.2, 0) is 6.42 Å². The summed E-state index contributed by atoms with van der Waals surface area (Å²) in [6, 6.07) is 17.0. The molecule has 0 heteroatoms. The van der Waals surface area contributed by atoms with Crippen molar-refractivity contribution in [1.29, 1.82) is 0 Å². The molecule has 0 unspecified atom stereocenters. The fraction of sp³-hybridized carbons (Fsp3) is 0.158. The Bertz CT molecular complexity index is 603. The second-order valence-corrected chi connectivity index (χ2v) is 4.81. The molecule has 0 aromatic heterocycles. The first-order chi connectivity index (χ1) is 9.22. The van der Waals surface area contributed by atoms with E-state index in [-0.39, 0.29) is 0 Å². The minimum atomic E-state index is 0.947. The minimum Gasteiger partial charge on any atom is -0.0985 e. The molecule has 0 bridgehead atoms. The van der Waals surface area contributed by atoms with Gasteiger partial charge in [0.1, 0.15) is 0 Å². The van der Waals surface area contributed by atoms with Crippen LogP contribution in [0.4, 0.5) is 0 Å². The fourth-order valence-electron chi connectivity index (χ4n) is 2.26. The van der Waals surface area contributed by atoms with E-state index >= 15 is 0 Å². The standard InChI is InChI=1S/C19H20/c1-4-17(19-12-8-6-10-16(19)3)13-14-18-11-7-5-9-15(18)2/h4-13H,1,14H2,2-3H3/b17-13-. The summed E-state index contributed by atoms with van der Waals surface area (Å²) in [7, 11) is 0. The van der Waals surface area contributed by atoms with Crippen LogP contribution in [0.25, 0.3) is 5.57 Å². The van der Waals surface area contributed by atoms with Crippen molar-refractivity contribution < 1.29 is 0 Å². The Kier molecular flexibility index (Phi) is 4.35. The maximum atomic E-state index is 3.94. The van der Waals surface area contributed by atoms with E-state index in [1.807, 2.05) is 6.08 Å². The first kappa shape index (κ1) is 13.4. The number of rotatable bonds is 4. The number of allylic oxidation sites excluding steroid dienone is 3. The molecule has 0 aliphatic heterocycles. The van der Waals surface area contributed by atoms with Gasteiger partial charge in [-0.3, -0.25) is 0 Å². The van der Waals surface area contributed by atoms with E-state index < -0.39 is 0 Å². The lowest BCUT2D eigenvalue weighted by molar-refractivity contribution is 1.21. The highest BCUT2D eigenvalue weighted by Crippen LogP contribution is 2.20. The summed E-state index contributed by atoms with van der Waals surface area (Å²) in [4.78, 5) is 0. The molecule has 96 valence electrons. The van der Waals surface area contributed by atoms with E-state index in [9.17, 15) is 0 Å². The molecule has 19 heavy (non-hydrogen) atoms. The molecule has 0 fully saturated rings. The average molecular weight is 248 g/mol. The van der Waals surface area contributed by atoms with Crippen molar-refractivity contribution in [2.75, 3.05) is 0 Å². The van der Waals surface area contributed by atoms with Gasteiger partial charge in [0.25, 0.3) is 0 Å². The second kappa shape index (κ2) is 6.19. The van der Waals surface area contributed by atoms with Gasteiger partial charge in [-0.05, 0) is 48.1 Å². The van der Waals surface area contributed by atoms with E-state index in [4.69, 9.17) is 0 Å². The molecule has 2 aromatic carbocycles. The van der Waals surface area contributed by atoms with Gasteiger partial charge in [-0.1, -0.05) is 67.3 Å². The summed E-state index contributed by atoms with van der Waals surface area (Å²) >= 11 is 0. The van der Waals surface area contributed by atoms with Gasteiger partial charge in [0, 0.05) is 0 Å². The Balaban J connectivity index is 2.29. The molecule has 0 saturated heterocycles. The zero-order valence-electron chi connectivity index (χ0n) is 11.7. The average Bonchev–Trinajstić information content (AvgIpc) is 2.43. The van der Waals surface area contributed by atoms with E-state index in [1.54, 1.807) is 0 Å². The molecule has 2 aromatic rings. The number of hydrogen-bond donors (Lipinski definition) is 0. The third-order valence-corrected chi connectivity index (χ3v) is 3.48. The second-order valence-electron chi connectivity index (χ2n) is 4.81. The van der Waals surface area contributed by atoms with E-state index in [0.29, 0.717) is 0 Å². The van der Waals surface area contributed by atoms with Crippen molar-refractivity contribution >= 4 is 5.57 Å². The Hall–Kier alpha value is -2.08. The van der Waals surface area contributed by atoms with E-state index in [0.717, 1.165) is 6.42 Å². The third kappa shape index (κ3) is 3.23. The molecule has 0 N–H and O–H groups in total. The van der Waals surface area contributed by atoms with Crippen LogP contribution in [0.15, 0.2) is 67.3 Å². The maximum Gasteiger partial charge on any atom is -0.00856 e. The Morgan fingerprint density at radius 1 is 0.947 bits per heavy atom. The Morgan fingerprint density at radius 2 is 1.58 bits per heavy atom. The number of hydrogen-bond acceptors (Lipinski definition) is 0. The predicted molar refractivity (Wildman–Crippen MR) is 84.2 cm³/mol. The smallest absolute Gasteiger partial charge is 0.00856 e. The third-order valence-electron chi connectivity index (χ3n) is 3.48. The van der Waals surface area contributed by atoms with Crippen molar-refractivity contribution in [2.24, 2.45) is 0 Å². The summed E-state index contributed by atoms with van der Waals surface area (Å²) in [6.07, 6.45) is 5.15. The molecule has 0 amide bonds. The predicted octanol–water partition coefficient (Wildman–Crippen LogP) is 5.12. The van der Waals surface area contributed by atoms with Gasteiger partial charge in [0.2, 0.25) is 0 Å². The zero-order valence-corrected chi connectivity index (χ0v) is 11.7. The van der Waals surface area contributed by atoms with Gasteiger partial charge in [-0.15, -0.1) is 0 Å². The van der Waals surface area contributed by atoms with Gasteiger partial charge in [0.15, 0.2) is 0 Å². The van der Waals surface area contributed by atoms with Crippen molar-refractivity contribution in [2.45, 2.75) is 20.3 Å². The molecule has 0 radical (unpaired) electrons. The number of benzene rings is 2. The summed E-state index contributed by atoms with van der Waals surface area (Å²) in [5, 5.41) is 0. The van der Waals surface area contributed by atoms with Crippen molar-refractivity contribution in [3.05, 3.63) is 89.5 Å². The molecule has 0 aliphatic rings. The summed E-state index contributed by atoms with van der Waals surface area (Å²) in [5.74, 6) is 0. The van der Waals surface area contributed by atoms with Gasteiger partial charge in [-0.25, -0.2) is 0 Å². The van der Waals surface area contributed by atoms with E-state index in [1.165, 1.54) is 27.8 Å². The van der Waals surface area contributed by atoms with Crippen LogP contribution < -0.4 is 0 Å². The van der Waals surface area contributed by atoms with Crippen molar-refractivity contribution in [3.8, 4) is 0 Å². The fourth-order valence-corrected chi connectivity index (χ4v) is 2.26. The van der Waals surface area contributed by atoms with Crippen LogP contribution in [0.5, 0.6) is 0 Å². The highest BCUT2D eigenvalue weighted by Gasteiger charge is 2.01. The van der Waals surface area contributed by atoms with Crippen molar-refractivity contribution in [3.63, 3.8) is 0 Å². The molecule has 0 atom stereocenters. The van der Waals surface area contributed by atoms with Gasteiger partial charge in [0.05, 0.1) is 0 Å². The molecule has 0 saturated carbocycles. The molecule has 0 aliphatic carbocycles. The van der Waals surface area contributed by atoms with Gasteiger partial charge < -0.3 is 0 Å².